The van der Waals surface area contributed by atoms with Crippen LogP contribution >= 0.6 is 15.9 Å². The molecule has 0 radical (unpaired) electrons. The monoisotopic (exact) mass is 302 g/mol. The van der Waals surface area contributed by atoms with Gasteiger partial charge < -0.3 is 20.2 Å². The van der Waals surface area contributed by atoms with E-state index >= 15 is 0 Å². The molecule has 0 bridgehead atoms. The van der Waals surface area contributed by atoms with E-state index < -0.39 is 24.0 Å². The number of aliphatic hydroxyl groups is 1. The first-order chi connectivity index (χ1) is 7.99. The van der Waals surface area contributed by atoms with Crippen molar-refractivity contribution in [2.24, 2.45) is 5.73 Å². The third-order valence-electron chi connectivity index (χ3n) is 2.65. The first kappa shape index (κ1) is 12.1. The largest absolute Gasteiger partial charge is 0.444 e. The Morgan fingerprint density at radius 2 is 2.24 bits per heavy atom. The fourth-order valence-electron chi connectivity index (χ4n) is 1.88. The van der Waals surface area contributed by atoms with Crippen molar-refractivity contribution in [1.29, 1.82) is 0 Å². The molecule has 1 aromatic rings. The molecule has 2 atom stereocenters. The van der Waals surface area contributed by atoms with Crippen LogP contribution in [0.5, 0.6) is 0 Å². The van der Waals surface area contributed by atoms with Crippen LogP contribution in [0.15, 0.2) is 21.2 Å². The maximum absolute atomic E-state index is 12.0. The van der Waals surface area contributed by atoms with E-state index in [1.165, 1.54) is 11.0 Å². The molecular weight excluding hydrogens is 292 g/mol. The van der Waals surface area contributed by atoms with Crippen LogP contribution in [0.2, 0.25) is 0 Å². The molecule has 2 amide bonds. The summed E-state index contributed by atoms with van der Waals surface area (Å²) in [5, 5.41) is 9.48. The lowest BCUT2D eigenvalue weighted by Gasteiger charge is -2.20. The Morgan fingerprint density at radius 3 is 2.76 bits per heavy atom. The molecule has 2 heterocycles. The number of furan rings is 1. The lowest BCUT2D eigenvalue weighted by molar-refractivity contribution is -0.121. The molecule has 1 aliphatic rings. The van der Waals surface area contributed by atoms with E-state index in [9.17, 15) is 14.7 Å². The van der Waals surface area contributed by atoms with Crippen LogP contribution in [-0.4, -0.2) is 40.5 Å². The molecule has 2 unspecified atom stereocenters. The zero-order valence-corrected chi connectivity index (χ0v) is 10.4. The van der Waals surface area contributed by atoms with Crippen molar-refractivity contribution in [3.8, 4) is 0 Å². The van der Waals surface area contributed by atoms with Gasteiger partial charge in [-0.3, -0.25) is 9.59 Å². The number of halogens is 1. The highest BCUT2D eigenvalue weighted by Crippen LogP contribution is 2.22. The van der Waals surface area contributed by atoms with Crippen LogP contribution in [0.25, 0.3) is 0 Å². The van der Waals surface area contributed by atoms with Crippen molar-refractivity contribution in [1.82, 2.24) is 4.90 Å². The van der Waals surface area contributed by atoms with Crippen LogP contribution in [0.1, 0.15) is 17.0 Å². The number of aliphatic hydroxyl groups excluding tert-OH is 1. The fraction of sp³-hybridized carbons (Fsp3) is 0.400. The predicted molar refractivity (Wildman–Crippen MR) is 61.1 cm³/mol. The molecule has 92 valence electrons. The van der Waals surface area contributed by atoms with E-state index in [0.29, 0.717) is 4.67 Å². The molecule has 17 heavy (non-hydrogen) atoms. The van der Waals surface area contributed by atoms with Gasteiger partial charge in [0.1, 0.15) is 6.04 Å². The average molecular weight is 303 g/mol. The second-order valence-electron chi connectivity index (χ2n) is 3.87. The minimum Gasteiger partial charge on any atom is -0.444 e. The quantitative estimate of drug-likeness (QED) is 0.810. The second-order valence-corrected chi connectivity index (χ2v) is 4.65. The van der Waals surface area contributed by atoms with Crippen molar-refractivity contribution in [2.75, 3.05) is 6.54 Å². The van der Waals surface area contributed by atoms with E-state index in [-0.39, 0.29) is 18.7 Å². The molecule has 6 nitrogen and oxygen atoms in total. The van der Waals surface area contributed by atoms with Crippen LogP contribution in [-0.2, 0) is 4.79 Å². The van der Waals surface area contributed by atoms with Gasteiger partial charge in [0.2, 0.25) is 5.91 Å². The van der Waals surface area contributed by atoms with Gasteiger partial charge in [0, 0.05) is 13.0 Å². The molecule has 1 aromatic heterocycles. The van der Waals surface area contributed by atoms with Crippen molar-refractivity contribution in [2.45, 2.75) is 18.6 Å². The first-order valence-electron chi connectivity index (χ1n) is 5.02. The predicted octanol–water partition coefficient (Wildman–Crippen LogP) is 0.103. The molecule has 0 aliphatic carbocycles. The molecule has 2 rings (SSSR count). The normalized spacial score (nSPS) is 24.0. The van der Waals surface area contributed by atoms with Gasteiger partial charge in [-0.15, -0.1) is 0 Å². The molecule has 3 N–H and O–H groups in total. The molecule has 1 saturated heterocycles. The summed E-state index contributed by atoms with van der Waals surface area (Å²) in [5.41, 5.74) is 5.19. The molecular formula is C10H11BrN2O4. The van der Waals surface area contributed by atoms with Crippen LogP contribution in [0.3, 0.4) is 0 Å². The number of β-amino-alcohol motifs (C(OH)–C–C–N with tert-alkyl or cyclic N) is 1. The molecule has 0 spiro atoms. The van der Waals surface area contributed by atoms with E-state index in [0.717, 1.165) is 0 Å². The lowest BCUT2D eigenvalue weighted by Crippen LogP contribution is -2.43. The van der Waals surface area contributed by atoms with Gasteiger partial charge in [-0.2, -0.15) is 0 Å². The fourth-order valence-corrected chi connectivity index (χ4v) is 2.19. The van der Waals surface area contributed by atoms with E-state index in [1.807, 2.05) is 0 Å². The summed E-state index contributed by atoms with van der Waals surface area (Å²) in [6.45, 7) is 0.0881. The van der Waals surface area contributed by atoms with Crippen LogP contribution in [0, 0.1) is 0 Å². The Balaban J connectivity index is 2.21. The zero-order valence-electron chi connectivity index (χ0n) is 8.80. The second kappa shape index (κ2) is 4.50. The number of likely N-dealkylation sites (tertiary alicyclic amines) is 1. The maximum atomic E-state index is 12.0. The highest BCUT2D eigenvalue weighted by molar-refractivity contribution is 9.10. The Bertz CT molecular complexity index is 459. The topological polar surface area (TPSA) is 96.8 Å². The number of carbonyl (C=O) groups excluding carboxylic acids is 2. The number of hydrogen-bond acceptors (Lipinski definition) is 4. The number of hydrogen-bond donors (Lipinski definition) is 2. The van der Waals surface area contributed by atoms with Crippen molar-refractivity contribution in [3.05, 3.63) is 22.6 Å². The summed E-state index contributed by atoms with van der Waals surface area (Å²) in [4.78, 5) is 24.4. The van der Waals surface area contributed by atoms with Gasteiger partial charge in [0.05, 0.1) is 6.10 Å². The Hall–Kier alpha value is -1.34. The Morgan fingerprint density at radius 1 is 1.53 bits per heavy atom. The number of amides is 2. The first-order valence-corrected chi connectivity index (χ1v) is 5.82. The van der Waals surface area contributed by atoms with Crippen molar-refractivity contribution in [3.63, 3.8) is 0 Å². The van der Waals surface area contributed by atoms with E-state index in [4.69, 9.17) is 10.2 Å². The Kier molecular flexibility index (Phi) is 3.21. The maximum Gasteiger partial charge on any atom is 0.290 e. The van der Waals surface area contributed by atoms with Crippen LogP contribution < -0.4 is 5.73 Å². The smallest absolute Gasteiger partial charge is 0.290 e. The van der Waals surface area contributed by atoms with Crippen molar-refractivity contribution < 1.29 is 19.1 Å². The number of nitrogens with two attached hydrogens (primary N) is 1. The summed E-state index contributed by atoms with van der Waals surface area (Å²) in [6.07, 6.45) is -0.557. The van der Waals surface area contributed by atoms with Crippen molar-refractivity contribution >= 4 is 27.7 Å². The summed E-state index contributed by atoms with van der Waals surface area (Å²) in [7, 11) is 0. The molecule has 0 saturated carbocycles. The number of nitrogens with zero attached hydrogens (tertiary/aromatic N) is 1. The molecule has 1 aliphatic heterocycles. The molecule has 0 aromatic carbocycles. The SMILES string of the molecule is NC(=O)C1CC(O)CN1C(=O)c1ccc(Br)o1. The summed E-state index contributed by atoms with van der Waals surface area (Å²) in [6, 6.07) is 2.30. The number of carbonyl (C=O) groups is 2. The third kappa shape index (κ3) is 2.34. The minimum atomic E-state index is -0.777. The van der Waals surface area contributed by atoms with Crippen LogP contribution in [0.4, 0.5) is 0 Å². The Labute approximate surface area is 105 Å². The van der Waals surface area contributed by atoms with Gasteiger partial charge in [0.25, 0.3) is 5.91 Å². The minimum absolute atomic E-state index is 0.0881. The summed E-state index contributed by atoms with van der Waals surface area (Å²) >= 11 is 3.09. The highest BCUT2D eigenvalue weighted by atomic mass is 79.9. The van der Waals surface area contributed by atoms with Gasteiger partial charge >= 0.3 is 0 Å². The van der Waals surface area contributed by atoms with Gasteiger partial charge in [-0.05, 0) is 28.1 Å². The van der Waals surface area contributed by atoms with Gasteiger partial charge in [-0.1, -0.05) is 0 Å². The highest BCUT2D eigenvalue weighted by Gasteiger charge is 2.39. The zero-order chi connectivity index (χ0) is 12.6. The summed E-state index contributed by atoms with van der Waals surface area (Å²) in [5.74, 6) is -0.964. The number of rotatable bonds is 2. The van der Waals surface area contributed by atoms with Gasteiger partial charge in [0.15, 0.2) is 10.4 Å². The average Bonchev–Trinajstić information content (AvgIpc) is 2.83. The molecule has 1 fully saturated rings. The van der Waals surface area contributed by atoms with E-state index in [2.05, 4.69) is 15.9 Å². The summed E-state index contributed by atoms with van der Waals surface area (Å²) < 4.78 is 5.54. The number of primary amides is 1. The van der Waals surface area contributed by atoms with Gasteiger partial charge in [-0.25, -0.2) is 0 Å². The van der Waals surface area contributed by atoms with E-state index in [1.54, 1.807) is 6.07 Å². The third-order valence-corrected chi connectivity index (χ3v) is 3.08. The lowest BCUT2D eigenvalue weighted by atomic mass is 10.2. The standard InChI is InChI=1S/C10H11BrN2O4/c11-8-2-1-7(17-8)10(16)13-4-5(14)3-6(13)9(12)15/h1-2,5-6,14H,3-4H2,(H2,12,15). The molecule has 7 heteroatoms.